The highest BCUT2D eigenvalue weighted by Crippen LogP contribution is 2.47. The first kappa shape index (κ1) is 24.2. The fourth-order valence-electron chi connectivity index (χ4n) is 4.48. The van der Waals surface area contributed by atoms with E-state index in [2.05, 4.69) is 9.97 Å². The molecule has 5 nitrogen and oxygen atoms in total. The Morgan fingerprint density at radius 1 is 1.21 bits per heavy atom. The molecule has 34 heavy (non-hydrogen) atoms. The van der Waals surface area contributed by atoms with Crippen LogP contribution in [0.4, 0.5) is 13.2 Å². The molecule has 1 aromatic carbocycles. The van der Waals surface area contributed by atoms with E-state index in [-0.39, 0.29) is 27.6 Å². The predicted octanol–water partition coefficient (Wildman–Crippen LogP) is 5.71. The van der Waals surface area contributed by atoms with Crippen LogP contribution in [0.5, 0.6) is 0 Å². The molecular weight excluding hydrogens is 463 g/mol. The van der Waals surface area contributed by atoms with Crippen molar-refractivity contribution in [3.05, 3.63) is 65.4 Å². The molecule has 3 aromatic rings. The Morgan fingerprint density at radius 3 is 2.59 bits per heavy atom. The van der Waals surface area contributed by atoms with Crippen molar-refractivity contribution in [1.82, 2.24) is 9.97 Å². The molecule has 1 aliphatic rings. The maximum Gasteiger partial charge on any atom is 0.267 e. The molecule has 0 spiro atoms. The van der Waals surface area contributed by atoms with Crippen LogP contribution in [0.2, 0.25) is 0 Å². The first-order valence-electron chi connectivity index (χ1n) is 10.8. The summed E-state index contributed by atoms with van der Waals surface area (Å²) in [6.45, 7) is 3.99. The van der Waals surface area contributed by atoms with Crippen molar-refractivity contribution in [1.29, 1.82) is 0 Å². The highest BCUT2D eigenvalue weighted by Gasteiger charge is 2.43. The van der Waals surface area contributed by atoms with E-state index < -0.39 is 40.2 Å². The van der Waals surface area contributed by atoms with Gasteiger partial charge in [-0.1, -0.05) is 13.0 Å². The summed E-state index contributed by atoms with van der Waals surface area (Å²) in [6.07, 6.45) is 6.12. The zero-order valence-corrected chi connectivity index (χ0v) is 19.8. The normalized spacial score (nSPS) is 20.4. The van der Waals surface area contributed by atoms with E-state index in [1.807, 2.05) is 6.92 Å². The molecule has 2 aromatic heterocycles. The van der Waals surface area contributed by atoms with Crippen molar-refractivity contribution in [2.45, 2.75) is 37.2 Å². The lowest BCUT2D eigenvalue weighted by atomic mass is 9.75. The molecule has 2 atom stereocenters. The van der Waals surface area contributed by atoms with Gasteiger partial charge in [0, 0.05) is 40.6 Å². The van der Waals surface area contributed by atoms with Gasteiger partial charge in [-0.05, 0) is 50.1 Å². The molecule has 3 heterocycles. The number of rotatable bonds is 5. The summed E-state index contributed by atoms with van der Waals surface area (Å²) in [5, 5.41) is 0. The first-order chi connectivity index (χ1) is 16.2. The zero-order chi connectivity index (χ0) is 24.6. The smallest absolute Gasteiger partial charge is 0.267 e. The number of hydrogen-bond donors (Lipinski definition) is 1. The Hall–Kier alpha value is -2.91. The molecule has 4 rings (SSSR count). The van der Waals surface area contributed by atoms with Crippen molar-refractivity contribution in [2.75, 3.05) is 12.9 Å². The highest BCUT2D eigenvalue weighted by atomic mass is 32.2. The van der Waals surface area contributed by atoms with Crippen LogP contribution in [0.15, 0.2) is 41.6 Å². The van der Waals surface area contributed by atoms with E-state index in [4.69, 9.17) is 10.5 Å². The number of thioether (sulfide) groups is 1. The van der Waals surface area contributed by atoms with Gasteiger partial charge in [0.25, 0.3) is 5.91 Å². The molecule has 1 fully saturated rings. The third kappa shape index (κ3) is 3.96. The Bertz CT molecular complexity index is 1260. The number of pyridine rings is 2. The number of nitrogens with zero attached hydrogens (tertiary/aromatic N) is 2. The predicted molar refractivity (Wildman–Crippen MR) is 125 cm³/mol. The van der Waals surface area contributed by atoms with Gasteiger partial charge in [-0.15, -0.1) is 11.8 Å². The van der Waals surface area contributed by atoms with Crippen molar-refractivity contribution >= 4 is 17.7 Å². The number of primary amides is 1. The summed E-state index contributed by atoms with van der Waals surface area (Å²) >= 11 is 1.04. The number of nitrogens with two attached hydrogens (primary N) is 1. The molecular formula is C25H24F3N3O2S. The minimum absolute atomic E-state index is 0.0140. The van der Waals surface area contributed by atoms with Crippen LogP contribution < -0.4 is 5.73 Å². The topological polar surface area (TPSA) is 78.1 Å². The molecule has 1 amide bonds. The van der Waals surface area contributed by atoms with E-state index in [1.165, 1.54) is 18.5 Å². The van der Waals surface area contributed by atoms with Crippen molar-refractivity contribution in [3.8, 4) is 22.4 Å². The summed E-state index contributed by atoms with van der Waals surface area (Å²) in [5.74, 6) is -4.06. The van der Waals surface area contributed by atoms with E-state index >= 15 is 8.78 Å². The summed E-state index contributed by atoms with van der Waals surface area (Å²) in [4.78, 5) is 20.9. The highest BCUT2D eigenvalue weighted by molar-refractivity contribution is 7.98. The number of ether oxygens (including phenoxy) is 1. The quantitative estimate of drug-likeness (QED) is 0.467. The molecule has 9 heteroatoms. The molecule has 0 saturated carbocycles. The van der Waals surface area contributed by atoms with Crippen LogP contribution in [-0.2, 0) is 10.3 Å². The fraction of sp³-hybridized carbons (Fsp3) is 0.320. The number of hydrogen-bond acceptors (Lipinski definition) is 5. The fourth-order valence-corrected chi connectivity index (χ4v) is 4.97. The van der Waals surface area contributed by atoms with Crippen molar-refractivity contribution < 1.29 is 22.7 Å². The number of halogens is 3. The van der Waals surface area contributed by atoms with Crippen molar-refractivity contribution in [2.24, 2.45) is 11.7 Å². The van der Waals surface area contributed by atoms with E-state index in [0.29, 0.717) is 12.2 Å². The number of aromatic nitrogens is 2. The number of carbonyl (C=O) groups is 1. The Balaban J connectivity index is 2.17. The van der Waals surface area contributed by atoms with Gasteiger partial charge in [0.15, 0.2) is 5.82 Å². The summed E-state index contributed by atoms with van der Waals surface area (Å²) in [7, 11) is 0. The number of benzene rings is 1. The lowest BCUT2D eigenvalue weighted by molar-refractivity contribution is -0.108. The summed E-state index contributed by atoms with van der Waals surface area (Å²) < 4.78 is 52.8. The maximum atomic E-state index is 16.5. The third-order valence-corrected chi connectivity index (χ3v) is 7.21. The average Bonchev–Trinajstić information content (AvgIpc) is 2.82. The van der Waals surface area contributed by atoms with Gasteiger partial charge < -0.3 is 10.5 Å². The zero-order valence-electron chi connectivity index (χ0n) is 19.0. The molecule has 2 unspecified atom stereocenters. The molecule has 0 aliphatic carbocycles. The molecule has 0 radical (unpaired) electrons. The first-order valence-corrected chi connectivity index (χ1v) is 12.0. The monoisotopic (exact) mass is 487 g/mol. The second-order valence-electron chi connectivity index (χ2n) is 8.42. The second kappa shape index (κ2) is 9.38. The lowest BCUT2D eigenvalue weighted by Gasteiger charge is -2.41. The molecule has 0 bridgehead atoms. The van der Waals surface area contributed by atoms with Crippen LogP contribution in [0.25, 0.3) is 22.4 Å². The largest absolute Gasteiger partial charge is 0.370 e. The minimum Gasteiger partial charge on any atom is -0.370 e. The minimum atomic E-state index is -1.21. The van der Waals surface area contributed by atoms with Gasteiger partial charge >= 0.3 is 0 Å². The molecule has 178 valence electrons. The van der Waals surface area contributed by atoms with Gasteiger partial charge in [0.2, 0.25) is 0 Å². The lowest BCUT2D eigenvalue weighted by Crippen LogP contribution is -2.40. The van der Waals surface area contributed by atoms with Crippen LogP contribution >= 0.6 is 11.8 Å². The van der Waals surface area contributed by atoms with E-state index in [0.717, 1.165) is 30.7 Å². The molecule has 1 aliphatic heterocycles. The van der Waals surface area contributed by atoms with Crippen LogP contribution in [0.3, 0.4) is 0 Å². The second-order valence-corrected chi connectivity index (χ2v) is 9.26. The van der Waals surface area contributed by atoms with Crippen molar-refractivity contribution in [3.63, 3.8) is 0 Å². The Kier molecular flexibility index (Phi) is 6.69. The van der Waals surface area contributed by atoms with E-state index in [9.17, 15) is 9.18 Å². The standard InChI is InChI=1S/C25H24F3N3O2S/c1-13-6-5-11-33-25(13,2)19-17(14-7-4-10-30-12-14)23(24(29)32)31-22(21(19)28)18-15(26)8-9-16(34-3)20(18)27/h4,7-10,12-13H,5-6,11H2,1-3H3,(H2,29,32). The average molecular weight is 488 g/mol. The van der Waals surface area contributed by atoms with Crippen LogP contribution in [0, 0.1) is 23.4 Å². The van der Waals surface area contributed by atoms with Gasteiger partial charge in [0.05, 0.1) is 11.2 Å². The molecule has 2 N–H and O–H groups in total. The van der Waals surface area contributed by atoms with Gasteiger partial charge in [-0.25, -0.2) is 18.2 Å². The number of amides is 1. The van der Waals surface area contributed by atoms with Crippen LogP contribution in [-0.4, -0.2) is 28.7 Å². The Morgan fingerprint density at radius 2 is 1.97 bits per heavy atom. The SMILES string of the molecule is CSc1ccc(F)c(-c2nc(C(N)=O)c(-c3cccnc3)c(C3(C)OCCCC3C)c2F)c1F. The summed E-state index contributed by atoms with van der Waals surface area (Å²) in [5.41, 5.74) is 3.38. The van der Waals surface area contributed by atoms with Gasteiger partial charge in [-0.3, -0.25) is 9.78 Å². The third-order valence-electron chi connectivity index (χ3n) is 6.45. The Labute approximate surface area is 199 Å². The summed E-state index contributed by atoms with van der Waals surface area (Å²) in [6, 6.07) is 5.59. The van der Waals surface area contributed by atoms with Crippen LogP contribution in [0.1, 0.15) is 42.7 Å². The molecule has 1 saturated heterocycles. The van der Waals surface area contributed by atoms with Gasteiger partial charge in [-0.2, -0.15) is 0 Å². The van der Waals surface area contributed by atoms with Gasteiger partial charge in [0.1, 0.15) is 23.0 Å². The van der Waals surface area contributed by atoms with E-state index in [1.54, 1.807) is 25.3 Å². The number of carbonyl (C=O) groups excluding carboxylic acids is 1. The maximum absolute atomic E-state index is 16.5.